The van der Waals surface area contributed by atoms with Gasteiger partial charge in [-0.15, -0.1) is 0 Å². The second-order valence-corrected chi connectivity index (χ2v) is 5.85. The summed E-state index contributed by atoms with van der Waals surface area (Å²) in [7, 11) is 1.99. The number of hydrogen-bond acceptors (Lipinski definition) is 2. The van der Waals surface area contributed by atoms with Crippen molar-refractivity contribution in [1.82, 2.24) is 5.32 Å². The monoisotopic (exact) mass is 232 g/mol. The van der Waals surface area contributed by atoms with Gasteiger partial charge in [-0.1, -0.05) is 26.0 Å². The lowest BCUT2D eigenvalue weighted by atomic mass is 9.82. The number of anilines is 1. The first kappa shape index (κ1) is 12.4. The standard InChI is InChI=1S/C15H24N2/c1-15(2)8-10-17(11-9-15)14-6-4-13(5-7-14)12-16-3/h4-7,16H,8-12H2,1-3H3. The van der Waals surface area contributed by atoms with Crippen LogP contribution in [0.15, 0.2) is 24.3 Å². The number of nitrogens with one attached hydrogen (secondary N) is 1. The Balaban J connectivity index is 1.99. The molecular weight excluding hydrogens is 208 g/mol. The SMILES string of the molecule is CNCc1ccc(N2CCC(C)(C)CC2)cc1. The molecule has 0 radical (unpaired) electrons. The molecule has 0 spiro atoms. The van der Waals surface area contributed by atoms with Crippen LogP contribution in [0.4, 0.5) is 5.69 Å². The van der Waals surface area contributed by atoms with Gasteiger partial charge in [-0.3, -0.25) is 0 Å². The van der Waals surface area contributed by atoms with Crippen LogP contribution in [-0.2, 0) is 6.54 Å². The first-order valence-electron chi connectivity index (χ1n) is 6.59. The van der Waals surface area contributed by atoms with Crippen molar-refractivity contribution in [3.8, 4) is 0 Å². The highest BCUT2D eigenvalue weighted by molar-refractivity contribution is 5.48. The molecule has 1 aromatic carbocycles. The molecule has 1 aromatic rings. The van der Waals surface area contributed by atoms with Crippen LogP contribution in [-0.4, -0.2) is 20.1 Å². The van der Waals surface area contributed by atoms with Gasteiger partial charge in [-0.25, -0.2) is 0 Å². The first-order valence-corrected chi connectivity index (χ1v) is 6.59. The van der Waals surface area contributed by atoms with Crippen molar-refractivity contribution < 1.29 is 0 Å². The van der Waals surface area contributed by atoms with Crippen LogP contribution in [0.25, 0.3) is 0 Å². The predicted molar refractivity (Wildman–Crippen MR) is 74.4 cm³/mol. The van der Waals surface area contributed by atoms with E-state index in [4.69, 9.17) is 0 Å². The molecule has 0 aliphatic carbocycles. The van der Waals surface area contributed by atoms with E-state index < -0.39 is 0 Å². The molecule has 1 fully saturated rings. The Morgan fingerprint density at radius 2 is 1.71 bits per heavy atom. The van der Waals surface area contributed by atoms with E-state index in [1.807, 2.05) is 7.05 Å². The van der Waals surface area contributed by atoms with Crippen LogP contribution in [0.3, 0.4) is 0 Å². The van der Waals surface area contributed by atoms with Gasteiger partial charge in [0, 0.05) is 25.3 Å². The van der Waals surface area contributed by atoms with E-state index in [1.165, 1.54) is 37.2 Å². The fourth-order valence-electron chi connectivity index (χ4n) is 2.40. The Kier molecular flexibility index (Phi) is 3.72. The predicted octanol–water partition coefficient (Wildman–Crippen LogP) is 3.03. The van der Waals surface area contributed by atoms with Gasteiger partial charge in [-0.2, -0.15) is 0 Å². The van der Waals surface area contributed by atoms with E-state index >= 15 is 0 Å². The van der Waals surface area contributed by atoms with Gasteiger partial charge in [0.2, 0.25) is 0 Å². The third-order valence-electron chi connectivity index (χ3n) is 3.80. The summed E-state index contributed by atoms with van der Waals surface area (Å²) in [5.41, 5.74) is 3.26. The summed E-state index contributed by atoms with van der Waals surface area (Å²) >= 11 is 0. The molecule has 0 bridgehead atoms. The van der Waals surface area contributed by atoms with Crippen LogP contribution in [0, 0.1) is 5.41 Å². The van der Waals surface area contributed by atoms with Crippen molar-refractivity contribution in [3.63, 3.8) is 0 Å². The zero-order valence-electron chi connectivity index (χ0n) is 11.3. The first-order chi connectivity index (χ1) is 8.11. The Morgan fingerprint density at radius 3 is 2.24 bits per heavy atom. The molecule has 1 saturated heterocycles. The number of piperidine rings is 1. The molecule has 1 heterocycles. The molecule has 1 aliphatic heterocycles. The molecule has 1 N–H and O–H groups in total. The highest BCUT2D eigenvalue weighted by Crippen LogP contribution is 2.32. The molecule has 0 aromatic heterocycles. The van der Waals surface area contributed by atoms with Crippen molar-refractivity contribution in [2.75, 3.05) is 25.0 Å². The molecule has 0 saturated carbocycles. The normalized spacial score (nSPS) is 19.4. The van der Waals surface area contributed by atoms with E-state index in [0.717, 1.165) is 6.54 Å². The minimum atomic E-state index is 0.530. The summed E-state index contributed by atoms with van der Waals surface area (Å²) in [6.07, 6.45) is 2.59. The lowest BCUT2D eigenvalue weighted by molar-refractivity contribution is 0.280. The minimum absolute atomic E-state index is 0.530. The Labute approximate surface area is 105 Å². The minimum Gasteiger partial charge on any atom is -0.371 e. The van der Waals surface area contributed by atoms with E-state index in [0.29, 0.717) is 5.41 Å². The lowest BCUT2D eigenvalue weighted by Crippen LogP contribution is -2.37. The average molecular weight is 232 g/mol. The van der Waals surface area contributed by atoms with Gasteiger partial charge >= 0.3 is 0 Å². The topological polar surface area (TPSA) is 15.3 Å². The van der Waals surface area contributed by atoms with Gasteiger partial charge in [0.25, 0.3) is 0 Å². The zero-order valence-corrected chi connectivity index (χ0v) is 11.3. The van der Waals surface area contributed by atoms with Crippen LogP contribution in [0.2, 0.25) is 0 Å². The molecular formula is C15H24N2. The number of hydrogen-bond donors (Lipinski definition) is 1. The van der Waals surface area contributed by atoms with Crippen molar-refractivity contribution >= 4 is 5.69 Å². The van der Waals surface area contributed by atoms with Crippen LogP contribution >= 0.6 is 0 Å². The molecule has 2 nitrogen and oxygen atoms in total. The Hall–Kier alpha value is -1.02. The third-order valence-corrected chi connectivity index (χ3v) is 3.80. The third kappa shape index (κ3) is 3.22. The lowest BCUT2D eigenvalue weighted by Gasteiger charge is -2.38. The van der Waals surface area contributed by atoms with Crippen LogP contribution < -0.4 is 10.2 Å². The van der Waals surface area contributed by atoms with Gasteiger partial charge in [-0.05, 0) is 43.0 Å². The molecule has 1 aliphatic rings. The second-order valence-electron chi connectivity index (χ2n) is 5.85. The van der Waals surface area contributed by atoms with E-state index in [1.54, 1.807) is 0 Å². The van der Waals surface area contributed by atoms with Gasteiger partial charge < -0.3 is 10.2 Å². The fourth-order valence-corrected chi connectivity index (χ4v) is 2.40. The van der Waals surface area contributed by atoms with Crippen molar-refractivity contribution in [3.05, 3.63) is 29.8 Å². The molecule has 0 atom stereocenters. The highest BCUT2D eigenvalue weighted by atomic mass is 15.1. The van der Waals surface area contributed by atoms with Gasteiger partial charge in [0.05, 0.1) is 0 Å². The summed E-state index contributed by atoms with van der Waals surface area (Å²) in [4.78, 5) is 2.51. The largest absolute Gasteiger partial charge is 0.371 e. The molecule has 94 valence electrons. The number of rotatable bonds is 3. The quantitative estimate of drug-likeness (QED) is 0.861. The number of benzene rings is 1. The summed E-state index contributed by atoms with van der Waals surface area (Å²) in [5.74, 6) is 0. The summed E-state index contributed by atoms with van der Waals surface area (Å²) < 4.78 is 0. The van der Waals surface area contributed by atoms with Crippen LogP contribution in [0.5, 0.6) is 0 Å². The Bertz CT molecular complexity index is 344. The summed E-state index contributed by atoms with van der Waals surface area (Å²) in [6.45, 7) is 8.09. The second kappa shape index (κ2) is 5.09. The van der Waals surface area contributed by atoms with Gasteiger partial charge in [0.1, 0.15) is 0 Å². The summed E-state index contributed by atoms with van der Waals surface area (Å²) in [6, 6.07) is 8.97. The van der Waals surface area contributed by atoms with E-state index in [9.17, 15) is 0 Å². The molecule has 0 unspecified atom stereocenters. The zero-order chi connectivity index (χ0) is 12.3. The molecule has 2 rings (SSSR count). The van der Waals surface area contributed by atoms with E-state index in [2.05, 4.69) is 48.3 Å². The smallest absolute Gasteiger partial charge is 0.0366 e. The van der Waals surface area contributed by atoms with Crippen LogP contribution in [0.1, 0.15) is 32.3 Å². The van der Waals surface area contributed by atoms with Crippen molar-refractivity contribution in [2.24, 2.45) is 5.41 Å². The van der Waals surface area contributed by atoms with E-state index in [-0.39, 0.29) is 0 Å². The highest BCUT2D eigenvalue weighted by Gasteiger charge is 2.25. The summed E-state index contributed by atoms with van der Waals surface area (Å²) in [5, 5.41) is 3.18. The molecule has 2 heteroatoms. The maximum atomic E-state index is 3.18. The maximum Gasteiger partial charge on any atom is 0.0366 e. The molecule has 17 heavy (non-hydrogen) atoms. The van der Waals surface area contributed by atoms with Crippen molar-refractivity contribution in [1.29, 1.82) is 0 Å². The maximum absolute atomic E-state index is 3.18. The Morgan fingerprint density at radius 1 is 1.12 bits per heavy atom. The van der Waals surface area contributed by atoms with Crippen molar-refractivity contribution in [2.45, 2.75) is 33.2 Å². The average Bonchev–Trinajstić information content (AvgIpc) is 2.31. The molecule has 0 amide bonds. The van der Waals surface area contributed by atoms with Gasteiger partial charge in [0.15, 0.2) is 0 Å². The number of nitrogens with zero attached hydrogens (tertiary/aromatic N) is 1. The fraction of sp³-hybridized carbons (Fsp3) is 0.600.